The molecule has 0 aromatic carbocycles. The van der Waals surface area contributed by atoms with Crippen molar-refractivity contribution in [2.24, 2.45) is 0 Å². The van der Waals surface area contributed by atoms with E-state index in [0.29, 0.717) is 6.61 Å². The average molecular weight is 262 g/mol. The summed E-state index contributed by atoms with van der Waals surface area (Å²) in [5, 5.41) is 8.96. The van der Waals surface area contributed by atoms with Crippen LogP contribution < -0.4 is 0 Å². The maximum Gasteiger partial charge on any atom is 0.508 e. The van der Waals surface area contributed by atoms with Crippen LogP contribution in [-0.2, 0) is 14.2 Å². The second-order valence-corrected chi connectivity index (χ2v) is 4.22. The first kappa shape index (κ1) is 17.2. The van der Waals surface area contributed by atoms with Crippen LogP contribution in [0, 0.1) is 0 Å². The Balaban J connectivity index is 3.37. The number of methoxy groups -OCH3 is 1. The van der Waals surface area contributed by atoms with Gasteiger partial charge in [0.25, 0.3) is 0 Å². The van der Waals surface area contributed by atoms with Crippen molar-refractivity contribution in [1.82, 2.24) is 0 Å². The van der Waals surface area contributed by atoms with Gasteiger partial charge in [0.2, 0.25) is 0 Å². The van der Waals surface area contributed by atoms with Crippen LogP contribution in [-0.4, -0.2) is 44.3 Å². The molecular weight excluding hydrogens is 236 g/mol. The van der Waals surface area contributed by atoms with E-state index in [1.54, 1.807) is 0 Å². The fourth-order valence-corrected chi connectivity index (χ4v) is 1.51. The molecule has 1 N–H and O–H groups in total. The van der Waals surface area contributed by atoms with E-state index < -0.39 is 12.3 Å². The first-order valence-corrected chi connectivity index (χ1v) is 6.67. The minimum absolute atomic E-state index is 0.209. The zero-order valence-corrected chi connectivity index (χ0v) is 11.5. The number of rotatable bonds is 11. The van der Waals surface area contributed by atoms with E-state index in [4.69, 9.17) is 14.6 Å². The van der Waals surface area contributed by atoms with E-state index >= 15 is 0 Å². The lowest BCUT2D eigenvalue weighted by atomic mass is 10.1. The molecule has 0 aromatic heterocycles. The van der Waals surface area contributed by atoms with Gasteiger partial charge >= 0.3 is 6.16 Å². The Morgan fingerprint density at radius 1 is 1.17 bits per heavy atom. The molecule has 0 aliphatic carbocycles. The zero-order chi connectivity index (χ0) is 13.6. The zero-order valence-electron chi connectivity index (χ0n) is 11.5. The quantitative estimate of drug-likeness (QED) is 0.458. The molecule has 0 heterocycles. The molecule has 0 aliphatic rings. The lowest BCUT2D eigenvalue weighted by molar-refractivity contribution is -0.0311. The molecule has 18 heavy (non-hydrogen) atoms. The van der Waals surface area contributed by atoms with Crippen LogP contribution in [0.15, 0.2) is 0 Å². The van der Waals surface area contributed by atoms with Crippen molar-refractivity contribution in [3.63, 3.8) is 0 Å². The van der Waals surface area contributed by atoms with Gasteiger partial charge in [-0.3, -0.25) is 0 Å². The minimum Gasteiger partial charge on any atom is -0.438 e. The van der Waals surface area contributed by atoms with Gasteiger partial charge in [0.15, 0.2) is 6.10 Å². The average Bonchev–Trinajstić information content (AvgIpc) is 2.40. The largest absolute Gasteiger partial charge is 0.508 e. The van der Waals surface area contributed by atoms with Gasteiger partial charge in [-0.1, -0.05) is 39.0 Å². The van der Waals surface area contributed by atoms with Crippen molar-refractivity contribution in [3.05, 3.63) is 0 Å². The van der Waals surface area contributed by atoms with Gasteiger partial charge in [0.1, 0.15) is 0 Å². The molecular formula is C13H26O5. The van der Waals surface area contributed by atoms with E-state index in [1.165, 1.54) is 32.8 Å². The smallest absolute Gasteiger partial charge is 0.438 e. The molecule has 0 fully saturated rings. The SMILES string of the molecule is CCCCCCCCOCC(CO)OC(=O)OC. The molecule has 1 unspecified atom stereocenters. The van der Waals surface area contributed by atoms with Crippen LogP contribution in [0.4, 0.5) is 4.79 Å². The molecule has 0 aliphatic heterocycles. The summed E-state index contributed by atoms with van der Waals surface area (Å²) < 4.78 is 14.5. The van der Waals surface area contributed by atoms with Crippen molar-refractivity contribution in [3.8, 4) is 0 Å². The highest BCUT2D eigenvalue weighted by atomic mass is 16.7. The predicted octanol–water partition coefficient (Wildman–Crippen LogP) is 2.51. The highest BCUT2D eigenvalue weighted by Crippen LogP contribution is 2.05. The molecule has 5 nitrogen and oxygen atoms in total. The fraction of sp³-hybridized carbons (Fsp3) is 0.923. The number of ether oxygens (including phenoxy) is 3. The molecule has 0 saturated heterocycles. The van der Waals surface area contributed by atoms with Crippen LogP contribution >= 0.6 is 0 Å². The molecule has 1 atom stereocenters. The number of carbonyl (C=O) groups excluding carboxylic acids is 1. The Kier molecular flexibility index (Phi) is 12.1. The minimum atomic E-state index is -0.794. The van der Waals surface area contributed by atoms with E-state index in [1.807, 2.05) is 0 Å². The van der Waals surface area contributed by atoms with Gasteiger partial charge in [-0.05, 0) is 6.42 Å². The molecule has 0 radical (unpaired) electrons. The monoisotopic (exact) mass is 262 g/mol. The predicted molar refractivity (Wildman–Crippen MR) is 68.6 cm³/mol. The Labute approximate surface area is 109 Å². The lowest BCUT2D eigenvalue weighted by Gasteiger charge is -2.14. The van der Waals surface area contributed by atoms with Crippen molar-refractivity contribution in [2.45, 2.75) is 51.6 Å². The Bertz CT molecular complexity index is 196. The number of hydrogen-bond donors (Lipinski definition) is 1. The molecule has 0 aromatic rings. The summed E-state index contributed by atoms with van der Waals surface area (Å²) in [6.07, 6.45) is 5.78. The number of carbonyl (C=O) groups is 1. The first-order valence-electron chi connectivity index (χ1n) is 6.67. The summed E-state index contributed by atoms with van der Waals surface area (Å²) in [5.41, 5.74) is 0. The van der Waals surface area contributed by atoms with Gasteiger partial charge in [0, 0.05) is 6.61 Å². The number of aliphatic hydroxyl groups excluding tert-OH is 1. The summed E-state index contributed by atoms with van der Waals surface area (Å²) in [4.78, 5) is 10.8. The van der Waals surface area contributed by atoms with E-state index in [2.05, 4.69) is 11.7 Å². The number of unbranched alkanes of at least 4 members (excludes halogenated alkanes) is 5. The third-order valence-corrected chi connectivity index (χ3v) is 2.58. The summed E-state index contributed by atoms with van der Waals surface area (Å²) in [6, 6.07) is 0. The maximum atomic E-state index is 10.8. The molecule has 0 spiro atoms. The van der Waals surface area contributed by atoms with Crippen LogP contribution in [0.2, 0.25) is 0 Å². The van der Waals surface area contributed by atoms with Gasteiger partial charge < -0.3 is 19.3 Å². The van der Waals surface area contributed by atoms with Crippen LogP contribution in [0.25, 0.3) is 0 Å². The van der Waals surface area contributed by atoms with Crippen molar-refractivity contribution < 1.29 is 24.1 Å². The summed E-state index contributed by atoms with van der Waals surface area (Å²) in [5.74, 6) is 0. The molecule has 5 heteroatoms. The number of hydrogen-bond acceptors (Lipinski definition) is 5. The molecule has 0 amide bonds. The third-order valence-electron chi connectivity index (χ3n) is 2.58. The fourth-order valence-electron chi connectivity index (χ4n) is 1.51. The molecule has 0 bridgehead atoms. The van der Waals surface area contributed by atoms with Crippen LogP contribution in [0.5, 0.6) is 0 Å². The first-order chi connectivity index (χ1) is 8.74. The Hall–Kier alpha value is -0.810. The summed E-state index contributed by atoms with van der Waals surface area (Å²) in [6.45, 7) is 2.78. The normalized spacial score (nSPS) is 12.2. The van der Waals surface area contributed by atoms with Crippen LogP contribution in [0.1, 0.15) is 45.4 Å². The molecule has 0 saturated carbocycles. The Morgan fingerprint density at radius 2 is 1.83 bits per heavy atom. The highest BCUT2D eigenvalue weighted by Gasteiger charge is 2.13. The Morgan fingerprint density at radius 3 is 2.44 bits per heavy atom. The second kappa shape index (κ2) is 12.6. The van der Waals surface area contributed by atoms with Crippen molar-refractivity contribution >= 4 is 6.16 Å². The summed E-state index contributed by atoms with van der Waals surface area (Å²) in [7, 11) is 1.23. The van der Waals surface area contributed by atoms with Gasteiger partial charge in [-0.15, -0.1) is 0 Å². The lowest BCUT2D eigenvalue weighted by Crippen LogP contribution is -2.27. The number of aliphatic hydroxyl groups is 1. The van der Waals surface area contributed by atoms with Gasteiger partial charge in [0.05, 0.1) is 20.3 Å². The van der Waals surface area contributed by atoms with E-state index in [0.717, 1.165) is 12.8 Å². The van der Waals surface area contributed by atoms with E-state index in [9.17, 15) is 4.79 Å². The standard InChI is InChI=1S/C13H26O5/c1-3-4-5-6-7-8-9-17-11-12(10-14)18-13(15)16-2/h12,14H,3-11H2,1-2H3. The second-order valence-electron chi connectivity index (χ2n) is 4.22. The van der Waals surface area contributed by atoms with Crippen molar-refractivity contribution in [2.75, 3.05) is 26.9 Å². The van der Waals surface area contributed by atoms with E-state index in [-0.39, 0.29) is 13.2 Å². The van der Waals surface area contributed by atoms with Gasteiger partial charge in [-0.2, -0.15) is 0 Å². The van der Waals surface area contributed by atoms with Crippen LogP contribution in [0.3, 0.4) is 0 Å². The molecule has 108 valence electrons. The van der Waals surface area contributed by atoms with Crippen molar-refractivity contribution in [1.29, 1.82) is 0 Å². The highest BCUT2D eigenvalue weighted by molar-refractivity contribution is 5.59. The maximum absolute atomic E-state index is 10.8. The topological polar surface area (TPSA) is 65.0 Å². The summed E-state index contributed by atoms with van der Waals surface area (Å²) >= 11 is 0. The molecule has 0 rings (SSSR count). The third kappa shape index (κ3) is 10.4. The van der Waals surface area contributed by atoms with Gasteiger partial charge in [-0.25, -0.2) is 4.79 Å².